The molecule has 1 aliphatic rings. The van der Waals surface area contributed by atoms with Crippen molar-refractivity contribution in [3.8, 4) is 11.6 Å². The molecule has 2 N–H and O–H groups in total. The number of aryl methyl sites for hydroxylation is 1. The molecule has 0 saturated carbocycles. The summed E-state index contributed by atoms with van der Waals surface area (Å²) in [6.45, 7) is 7.70. The largest absolute Gasteiger partial charge is 0.439 e. The second kappa shape index (κ2) is 11.2. The van der Waals surface area contributed by atoms with Gasteiger partial charge in [-0.15, -0.1) is 24.8 Å². The summed E-state index contributed by atoms with van der Waals surface area (Å²) in [5.74, 6) is 1.24. The standard InChI is InChI=1S/C20H25N3O3.2ClH/c1-13-5-4-6-17(14(13)2)26-18-11-16(7-8-21-18)12-23-20(24)19-15(3)25-10-9-22-19;;/h4-8,11,15,19,22H,9-10,12H2,1-3H3,(H,23,24);2*1H/t15-,19+;;/m1../s1. The normalized spacial score (nSPS) is 18.4. The average Bonchev–Trinajstić information content (AvgIpc) is 2.64. The Morgan fingerprint density at radius 1 is 1.32 bits per heavy atom. The van der Waals surface area contributed by atoms with Crippen molar-refractivity contribution in [2.45, 2.75) is 39.5 Å². The molecule has 1 aromatic heterocycles. The number of hydrogen-bond donors (Lipinski definition) is 2. The second-order valence-electron chi connectivity index (χ2n) is 6.53. The summed E-state index contributed by atoms with van der Waals surface area (Å²) in [6.07, 6.45) is 1.55. The Morgan fingerprint density at radius 2 is 2.11 bits per heavy atom. The predicted molar refractivity (Wildman–Crippen MR) is 114 cm³/mol. The molecule has 6 nitrogen and oxygen atoms in total. The van der Waals surface area contributed by atoms with Crippen molar-refractivity contribution in [1.29, 1.82) is 0 Å². The molecule has 0 bridgehead atoms. The minimum atomic E-state index is -0.323. The maximum absolute atomic E-state index is 12.3. The number of nitrogens with zero attached hydrogens (tertiary/aromatic N) is 1. The first-order chi connectivity index (χ1) is 12.5. The van der Waals surface area contributed by atoms with Crippen LogP contribution in [0.2, 0.25) is 0 Å². The van der Waals surface area contributed by atoms with Crippen molar-refractivity contribution in [1.82, 2.24) is 15.6 Å². The lowest BCUT2D eigenvalue weighted by Gasteiger charge is -2.29. The molecule has 3 rings (SSSR count). The molecule has 1 saturated heterocycles. The van der Waals surface area contributed by atoms with E-state index >= 15 is 0 Å². The van der Waals surface area contributed by atoms with E-state index in [1.54, 1.807) is 6.20 Å². The highest BCUT2D eigenvalue weighted by atomic mass is 35.5. The van der Waals surface area contributed by atoms with E-state index < -0.39 is 0 Å². The lowest BCUT2D eigenvalue weighted by atomic mass is 10.1. The molecule has 2 atom stereocenters. The van der Waals surface area contributed by atoms with Crippen LogP contribution in [0.5, 0.6) is 11.6 Å². The smallest absolute Gasteiger partial charge is 0.240 e. The van der Waals surface area contributed by atoms with Gasteiger partial charge in [-0.3, -0.25) is 4.79 Å². The Labute approximate surface area is 178 Å². The monoisotopic (exact) mass is 427 g/mol. The molecule has 2 aromatic rings. The van der Waals surface area contributed by atoms with Gasteiger partial charge in [-0.05, 0) is 49.6 Å². The van der Waals surface area contributed by atoms with Crippen molar-refractivity contribution in [3.63, 3.8) is 0 Å². The van der Waals surface area contributed by atoms with Crippen LogP contribution in [0.25, 0.3) is 0 Å². The van der Waals surface area contributed by atoms with Gasteiger partial charge in [0.05, 0.1) is 12.7 Å². The fraction of sp³-hybridized carbons (Fsp3) is 0.400. The number of pyridine rings is 1. The van der Waals surface area contributed by atoms with E-state index in [1.165, 1.54) is 5.56 Å². The topological polar surface area (TPSA) is 72.5 Å². The number of rotatable bonds is 5. The van der Waals surface area contributed by atoms with Crippen LogP contribution in [-0.2, 0) is 16.1 Å². The first-order valence-electron chi connectivity index (χ1n) is 8.86. The summed E-state index contributed by atoms with van der Waals surface area (Å²) < 4.78 is 11.4. The van der Waals surface area contributed by atoms with E-state index in [1.807, 2.05) is 51.1 Å². The highest BCUT2D eigenvalue weighted by Gasteiger charge is 2.27. The maximum Gasteiger partial charge on any atom is 0.240 e. The van der Waals surface area contributed by atoms with Crippen molar-refractivity contribution < 1.29 is 14.3 Å². The Morgan fingerprint density at radius 3 is 2.86 bits per heavy atom. The van der Waals surface area contributed by atoms with Crippen LogP contribution in [0.1, 0.15) is 23.6 Å². The van der Waals surface area contributed by atoms with Gasteiger partial charge in [-0.25, -0.2) is 4.98 Å². The minimum absolute atomic E-state index is 0. The van der Waals surface area contributed by atoms with Crippen LogP contribution < -0.4 is 15.4 Å². The third-order valence-electron chi connectivity index (χ3n) is 4.63. The Bertz CT molecular complexity index is 789. The highest BCUT2D eigenvalue weighted by molar-refractivity contribution is 5.85. The third-order valence-corrected chi connectivity index (χ3v) is 4.63. The zero-order chi connectivity index (χ0) is 18.5. The van der Waals surface area contributed by atoms with Crippen molar-refractivity contribution in [2.75, 3.05) is 13.2 Å². The number of hydrogen-bond acceptors (Lipinski definition) is 5. The zero-order valence-electron chi connectivity index (χ0n) is 16.2. The number of ether oxygens (including phenoxy) is 2. The molecular formula is C20H27Cl2N3O3. The van der Waals surface area contributed by atoms with Crippen LogP contribution in [0.4, 0.5) is 0 Å². The van der Waals surface area contributed by atoms with Gasteiger partial charge in [0.25, 0.3) is 0 Å². The first kappa shape index (κ1) is 24.2. The van der Waals surface area contributed by atoms with Gasteiger partial charge < -0.3 is 20.1 Å². The van der Waals surface area contributed by atoms with Crippen LogP contribution in [0.3, 0.4) is 0 Å². The van der Waals surface area contributed by atoms with E-state index in [4.69, 9.17) is 9.47 Å². The van der Waals surface area contributed by atoms with Crippen LogP contribution in [-0.4, -0.2) is 36.2 Å². The lowest BCUT2D eigenvalue weighted by molar-refractivity contribution is -0.129. The van der Waals surface area contributed by atoms with Gasteiger partial charge in [-0.1, -0.05) is 12.1 Å². The summed E-state index contributed by atoms with van der Waals surface area (Å²) >= 11 is 0. The van der Waals surface area contributed by atoms with E-state index in [2.05, 4.69) is 15.6 Å². The van der Waals surface area contributed by atoms with E-state index in [9.17, 15) is 4.79 Å². The molecule has 1 aliphatic heterocycles. The molecule has 8 heteroatoms. The van der Waals surface area contributed by atoms with Crippen molar-refractivity contribution >= 4 is 30.7 Å². The van der Waals surface area contributed by atoms with E-state index in [0.717, 1.165) is 16.9 Å². The molecule has 1 aromatic carbocycles. The number of halogens is 2. The zero-order valence-corrected chi connectivity index (χ0v) is 17.9. The van der Waals surface area contributed by atoms with Gasteiger partial charge in [0, 0.05) is 25.4 Å². The maximum atomic E-state index is 12.3. The number of nitrogens with one attached hydrogen (secondary N) is 2. The van der Waals surface area contributed by atoms with Gasteiger partial charge in [-0.2, -0.15) is 0 Å². The molecule has 2 heterocycles. The number of amides is 1. The quantitative estimate of drug-likeness (QED) is 0.765. The summed E-state index contributed by atoms with van der Waals surface area (Å²) in [5, 5.41) is 6.13. The number of carbonyl (C=O) groups excluding carboxylic acids is 1. The van der Waals surface area contributed by atoms with Crippen LogP contribution in [0.15, 0.2) is 36.5 Å². The van der Waals surface area contributed by atoms with Gasteiger partial charge in [0.2, 0.25) is 11.8 Å². The molecule has 28 heavy (non-hydrogen) atoms. The molecular weight excluding hydrogens is 401 g/mol. The number of morpholine rings is 1. The molecule has 0 spiro atoms. The number of benzene rings is 1. The first-order valence-corrected chi connectivity index (χ1v) is 8.86. The van der Waals surface area contributed by atoms with Gasteiger partial charge in [0.15, 0.2) is 0 Å². The SMILES string of the molecule is Cc1cccc(Oc2cc(CNC(=O)[C@H]3NCCO[C@@H]3C)ccn2)c1C.Cl.Cl. The van der Waals surface area contributed by atoms with Crippen LogP contribution in [0, 0.1) is 13.8 Å². The average molecular weight is 428 g/mol. The van der Waals surface area contributed by atoms with Gasteiger partial charge >= 0.3 is 0 Å². The summed E-state index contributed by atoms with van der Waals surface area (Å²) in [5.41, 5.74) is 3.19. The van der Waals surface area contributed by atoms with Crippen LogP contribution >= 0.6 is 24.8 Å². The fourth-order valence-corrected chi connectivity index (χ4v) is 2.89. The lowest BCUT2D eigenvalue weighted by Crippen LogP contribution is -2.55. The molecule has 0 radical (unpaired) electrons. The minimum Gasteiger partial charge on any atom is -0.439 e. The molecule has 0 aliphatic carbocycles. The predicted octanol–water partition coefficient (Wildman–Crippen LogP) is 3.33. The Kier molecular flexibility index (Phi) is 9.69. The summed E-state index contributed by atoms with van der Waals surface area (Å²) in [4.78, 5) is 16.6. The fourth-order valence-electron chi connectivity index (χ4n) is 2.89. The Hall–Kier alpha value is -1.86. The number of aromatic nitrogens is 1. The third kappa shape index (κ3) is 6.07. The van der Waals surface area contributed by atoms with Crippen molar-refractivity contribution in [3.05, 3.63) is 53.2 Å². The molecule has 1 fully saturated rings. The Balaban J connectivity index is 0.00000196. The number of carbonyl (C=O) groups is 1. The highest BCUT2D eigenvalue weighted by Crippen LogP contribution is 2.25. The van der Waals surface area contributed by atoms with Crippen molar-refractivity contribution in [2.24, 2.45) is 0 Å². The summed E-state index contributed by atoms with van der Waals surface area (Å²) in [7, 11) is 0. The molecule has 1 amide bonds. The second-order valence-corrected chi connectivity index (χ2v) is 6.53. The van der Waals surface area contributed by atoms with E-state index in [-0.39, 0.29) is 42.9 Å². The molecule has 0 unspecified atom stereocenters. The van der Waals surface area contributed by atoms with E-state index in [0.29, 0.717) is 25.6 Å². The molecule has 154 valence electrons. The summed E-state index contributed by atoms with van der Waals surface area (Å²) in [6, 6.07) is 9.32. The van der Waals surface area contributed by atoms with Gasteiger partial charge in [0.1, 0.15) is 11.8 Å².